The van der Waals surface area contributed by atoms with Crippen LogP contribution in [0.1, 0.15) is 23.3 Å². The topological polar surface area (TPSA) is 111 Å². The van der Waals surface area contributed by atoms with E-state index in [4.69, 9.17) is 13.6 Å². The Balaban J connectivity index is 1.43. The lowest BCUT2D eigenvalue weighted by molar-refractivity contribution is -0.116. The molecule has 1 fully saturated rings. The molecule has 10 nitrogen and oxygen atoms in total. The van der Waals surface area contributed by atoms with Crippen LogP contribution in [0.2, 0.25) is 0 Å². The zero-order valence-electron chi connectivity index (χ0n) is 19.3. The third kappa shape index (κ3) is 5.23. The van der Waals surface area contributed by atoms with Gasteiger partial charge in [0.05, 0.1) is 25.5 Å². The number of amides is 1. The van der Waals surface area contributed by atoms with Crippen molar-refractivity contribution in [2.24, 2.45) is 0 Å². The summed E-state index contributed by atoms with van der Waals surface area (Å²) in [5.74, 6) is 2.24. The van der Waals surface area contributed by atoms with Gasteiger partial charge in [-0.25, -0.2) is 0 Å². The van der Waals surface area contributed by atoms with Crippen molar-refractivity contribution in [1.29, 1.82) is 0 Å². The first-order chi connectivity index (χ1) is 17.2. The van der Waals surface area contributed by atoms with Gasteiger partial charge in [-0.2, -0.15) is 4.68 Å². The number of carbonyl (C=O) groups excluding carboxylic acids is 1. The third-order valence-corrected chi connectivity index (χ3v) is 5.82. The number of tetrazole rings is 1. The number of hydrogen-bond acceptors (Lipinski definition) is 8. The minimum absolute atomic E-state index is 0.135. The lowest BCUT2D eigenvalue weighted by Gasteiger charge is -2.33. The van der Waals surface area contributed by atoms with Gasteiger partial charge in [-0.05, 0) is 41.6 Å². The molecule has 0 bridgehead atoms. The molecule has 1 amide bonds. The third-order valence-electron chi connectivity index (χ3n) is 5.82. The van der Waals surface area contributed by atoms with E-state index in [0.29, 0.717) is 31.3 Å². The Kier molecular flexibility index (Phi) is 6.82. The number of furan rings is 2. The molecule has 0 radical (unpaired) electrons. The molecule has 5 rings (SSSR count). The van der Waals surface area contributed by atoms with Gasteiger partial charge in [-0.1, -0.05) is 30.3 Å². The van der Waals surface area contributed by atoms with E-state index in [0.717, 1.165) is 30.2 Å². The van der Waals surface area contributed by atoms with Crippen LogP contribution in [0.15, 0.2) is 69.7 Å². The first kappa shape index (κ1) is 22.8. The van der Waals surface area contributed by atoms with Crippen LogP contribution >= 0.6 is 0 Å². The number of benzene rings is 1. The number of carbonyl (C=O) groups is 1. The van der Waals surface area contributed by atoms with Gasteiger partial charge >= 0.3 is 0 Å². The minimum atomic E-state index is -0.340. The summed E-state index contributed by atoms with van der Waals surface area (Å²) in [7, 11) is 0. The van der Waals surface area contributed by atoms with Gasteiger partial charge in [0.2, 0.25) is 0 Å². The van der Waals surface area contributed by atoms with Crippen LogP contribution in [0.4, 0.5) is 0 Å². The largest absolute Gasteiger partial charge is 0.465 e. The predicted octanol–water partition coefficient (Wildman–Crippen LogP) is 3.02. The minimum Gasteiger partial charge on any atom is -0.465 e. The first-order valence-electron chi connectivity index (χ1n) is 11.4. The smallest absolute Gasteiger partial charge is 0.270 e. The summed E-state index contributed by atoms with van der Waals surface area (Å²) in [6.07, 6.45) is 3.17. The molecular formula is C25H26N6O4. The number of nitrogens with one attached hydrogen (secondary N) is 1. The molecule has 3 aromatic heterocycles. The van der Waals surface area contributed by atoms with E-state index in [9.17, 15) is 4.79 Å². The lowest BCUT2D eigenvalue weighted by atomic mass is 10.1. The summed E-state index contributed by atoms with van der Waals surface area (Å²) in [6.45, 7) is 5.02. The fourth-order valence-electron chi connectivity index (χ4n) is 4.06. The second-order valence-corrected chi connectivity index (χ2v) is 8.15. The maximum Gasteiger partial charge on any atom is 0.270 e. The van der Waals surface area contributed by atoms with E-state index in [1.807, 2.05) is 49.4 Å². The molecule has 1 N–H and O–H groups in total. The number of ether oxygens (including phenoxy) is 1. The lowest BCUT2D eigenvalue weighted by Crippen LogP contribution is -2.44. The van der Waals surface area contributed by atoms with Crippen molar-refractivity contribution in [2.75, 3.05) is 32.8 Å². The van der Waals surface area contributed by atoms with Crippen molar-refractivity contribution in [2.45, 2.75) is 13.0 Å². The quantitative estimate of drug-likeness (QED) is 0.388. The summed E-state index contributed by atoms with van der Waals surface area (Å²) in [4.78, 5) is 15.8. The maximum atomic E-state index is 13.6. The average molecular weight is 475 g/mol. The average Bonchev–Trinajstić information content (AvgIpc) is 3.66. The van der Waals surface area contributed by atoms with Crippen LogP contribution < -0.4 is 5.32 Å². The molecule has 1 saturated heterocycles. The standard InChI is InChI=1S/C25H26N6O4/c1-18-9-10-23(35-18)22(30-11-14-33-15-12-30)17-26-25(32)21(16-20-8-5-13-34-20)31-24(27-28-29-31)19-6-3-2-4-7-19/h2-10,13,16,22H,11-12,14-15,17H2,1H3,(H,26,32)/b21-16+. The Labute approximate surface area is 202 Å². The number of nitrogens with zero attached hydrogens (tertiary/aromatic N) is 5. The molecule has 1 aliphatic heterocycles. The van der Waals surface area contributed by atoms with E-state index in [1.165, 1.54) is 4.68 Å². The molecule has 1 unspecified atom stereocenters. The van der Waals surface area contributed by atoms with Crippen molar-refractivity contribution in [1.82, 2.24) is 30.4 Å². The molecule has 1 aliphatic rings. The second kappa shape index (κ2) is 10.5. The Morgan fingerprint density at radius 1 is 1.11 bits per heavy atom. The number of morpholine rings is 1. The van der Waals surface area contributed by atoms with Crippen LogP contribution in [-0.2, 0) is 9.53 Å². The van der Waals surface area contributed by atoms with Crippen LogP contribution in [0.25, 0.3) is 23.2 Å². The Bertz CT molecular complexity index is 1270. The summed E-state index contributed by atoms with van der Waals surface area (Å²) in [6, 6.07) is 16.7. The molecule has 4 aromatic rings. The molecule has 0 aliphatic carbocycles. The van der Waals surface area contributed by atoms with Crippen molar-refractivity contribution in [3.05, 3.63) is 78.1 Å². The SMILES string of the molecule is Cc1ccc(C(CNC(=O)/C(=C\c2ccco2)n2nnnc2-c2ccccc2)N2CCOCC2)o1. The molecule has 0 spiro atoms. The first-order valence-corrected chi connectivity index (χ1v) is 11.4. The molecule has 0 saturated carbocycles. The molecule has 10 heteroatoms. The van der Waals surface area contributed by atoms with E-state index < -0.39 is 0 Å². The van der Waals surface area contributed by atoms with E-state index in [-0.39, 0.29) is 17.6 Å². The molecule has 4 heterocycles. The number of aryl methyl sites for hydroxylation is 1. The fraction of sp³-hybridized carbons (Fsp3) is 0.280. The van der Waals surface area contributed by atoms with Crippen molar-refractivity contribution < 1.29 is 18.4 Å². The van der Waals surface area contributed by atoms with Crippen LogP contribution in [0.5, 0.6) is 0 Å². The van der Waals surface area contributed by atoms with Crippen LogP contribution in [0, 0.1) is 6.92 Å². The number of aromatic nitrogens is 4. The van der Waals surface area contributed by atoms with Gasteiger partial charge in [0.15, 0.2) is 5.82 Å². The van der Waals surface area contributed by atoms with Gasteiger partial charge < -0.3 is 18.9 Å². The Hall–Kier alpha value is -4.02. The highest BCUT2D eigenvalue weighted by Gasteiger charge is 2.27. The zero-order valence-corrected chi connectivity index (χ0v) is 19.3. The Morgan fingerprint density at radius 3 is 2.66 bits per heavy atom. The van der Waals surface area contributed by atoms with Gasteiger partial charge in [0.1, 0.15) is 23.0 Å². The highest BCUT2D eigenvalue weighted by molar-refractivity contribution is 6.18. The monoisotopic (exact) mass is 474 g/mol. The maximum absolute atomic E-state index is 13.6. The number of hydrogen-bond donors (Lipinski definition) is 1. The van der Waals surface area contributed by atoms with E-state index in [2.05, 4.69) is 25.7 Å². The highest BCUT2D eigenvalue weighted by Crippen LogP contribution is 2.25. The van der Waals surface area contributed by atoms with Gasteiger partial charge in [0.25, 0.3) is 5.91 Å². The van der Waals surface area contributed by atoms with Gasteiger partial charge in [-0.3, -0.25) is 9.69 Å². The predicted molar refractivity (Wildman–Crippen MR) is 128 cm³/mol. The fourth-order valence-corrected chi connectivity index (χ4v) is 4.06. The summed E-state index contributed by atoms with van der Waals surface area (Å²) in [5.41, 5.74) is 1.02. The normalized spacial score (nSPS) is 15.7. The molecular weight excluding hydrogens is 448 g/mol. The Morgan fingerprint density at radius 2 is 1.94 bits per heavy atom. The molecule has 1 atom stereocenters. The zero-order chi connectivity index (χ0) is 24.0. The van der Waals surface area contributed by atoms with Crippen LogP contribution in [-0.4, -0.2) is 63.9 Å². The van der Waals surface area contributed by atoms with Gasteiger partial charge in [-0.15, -0.1) is 5.10 Å². The van der Waals surface area contributed by atoms with Crippen LogP contribution in [0.3, 0.4) is 0 Å². The van der Waals surface area contributed by atoms with Gasteiger partial charge in [0, 0.05) is 31.3 Å². The summed E-state index contributed by atoms with van der Waals surface area (Å²) in [5, 5.41) is 15.1. The summed E-state index contributed by atoms with van der Waals surface area (Å²) < 4.78 is 18.3. The highest BCUT2D eigenvalue weighted by atomic mass is 16.5. The second-order valence-electron chi connectivity index (χ2n) is 8.15. The van der Waals surface area contributed by atoms with Crippen molar-refractivity contribution in [3.63, 3.8) is 0 Å². The van der Waals surface area contributed by atoms with Crippen molar-refractivity contribution >= 4 is 17.7 Å². The number of rotatable bonds is 8. The summed E-state index contributed by atoms with van der Waals surface area (Å²) >= 11 is 0. The van der Waals surface area contributed by atoms with E-state index >= 15 is 0 Å². The molecule has 180 valence electrons. The van der Waals surface area contributed by atoms with Crippen molar-refractivity contribution in [3.8, 4) is 11.4 Å². The molecule has 35 heavy (non-hydrogen) atoms. The molecule has 1 aromatic carbocycles. The van der Waals surface area contributed by atoms with E-state index in [1.54, 1.807) is 24.5 Å².